The zero-order valence-electron chi connectivity index (χ0n) is 27.4. The Morgan fingerprint density at radius 3 is 2.47 bits per heavy atom. The first kappa shape index (κ1) is 33.5. The highest BCUT2D eigenvalue weighted by Crippen LogP contribution is 2.35. The van der Waals surface area contributed by atoms with Crippen LogP contribution in [0.5, 0.6) is 17.2 Å². The average molecular weight is 625 g/mol. The minimum absolute atomic E-state index is 0.218. The van der Waals surface area contributed by atoms with Crippen LogP contribution in [0.2, 0.25) is 0 Å². The van der Waals surface area contributed by atoms with Gasteiger partial charge in [0.05, 0.1) is 32.5 Å². The summed E-state index contributed by atoms with van der Waals surface area (Å²) in [4.78, 5) is 14.2. The van der Waals surface area contributed by atoms with Crippen molar-refractivity contribution in [2.45, 2.75) is 114 Å². The molecular formula is C37H53FN2O5. The molecule has 0 radical (unpaired) electrons. The number of nitrogens with zero attached hydrogens (tertiary/aromatic N) is 1. The first-order valence-electron chi connectivity index (χ1n) is 17.3. The molecule has 1 N–H and O–H groups in total. The van der Waals surface area contributed by atoms with Crippen molar-refractivity contribution in [1.82, 2.24) is 10.2 Å². The fourth-order valence-corrected chi connectivity index (χ4v) is 7.29. The second kappa shape index (κ2) is 17.2. The zero-order valence-corrected chi connectivity index (χ0v) is 27.4. The van der Waals surface area contributed by atoms with E-state index in [2.05, 4.69) is 17.4 Å². The molecule has 8 heteroatoms. The van der Waals surface area contributed by atoms with Gasteiger partial charge in [-0.3, -0.25) is 4.79 Å². The fourth-order valence-electron chi connectivity index (χ4n) is 7.29. The summed E-state index contributed by atoms with van der Waals surface area (Å²) in [5, 5.41) is 3.73. The van der Waals surface area contributed by atoms with Gasteiger partial charge in [0.25, 0.3) is 0 Å². The maximum absolute atomic E-state index is 13.7. The molecular weight excluding hydrogens is 571 g/mol. The minimum atomic E-state index is -0.218. The van der Waals surface area contributed by atoms with Gasteiger partial charge in [-0.25, -0.2) is 4.39 Å². The Labute approximate surface area is 269 Å². The summed E-state index contributed by atoms with van der Waals surface area (Å²) in [5.74, 6) is 2.79. The Kier molecular flexibility index (Phi) is 12.8. The van der Waals surface area contributed by atoms with E-state index < -0.39 is 0 Å². The molecule has 2 saturated heterocycles. The predicted molar refractivity (Wildman–Crippen MR) is 175 cm³/mol. The van der Waals surface area contributed by atoms with Gasteiger partial charge in [0.2, 0.25) is 5.91 Å². The van der Waals surface area contributed by atoms with Crippen molar-refractivity contribution in [2.75, 3.05) is 40.4 Å². The van der Waals surface area contributed by atoms with E-state index in [4.69, 9.17) is 18.9 Å². The molecule has 1 saturated carbocycles. The SMILES string of the molecule is COc1ccc(F)cc1CCCC1CCC(CCNCC(CCCN2CCCC2=O)c2ccc(OC)c(OC3CCCC3)c2)O1. The first-order chi connectivity index (χ1) is 22.0. The molecule has 3 aliphatic rings. The molecule has 5 rings (SSSR count). The molecule has 0 bridgehead atoms. The Morgan fingerprint density at radius 2 is 1.71 bits per heavy atom. The minimum Gasteiger partial charge on any atom is -0.496 e. The molecule has 3 unspecified atom stereocenters. The quantitative estimate of drug-likeness (QED) is 0.177. The number of carbonyl (C=O) groups excluding carboxylic acids is 1. The van der Waals surface area contributed by atoms with Crippen LogP contribution in [0, 0.1) is 5.82 Å². The largest absolute Gasteiger partial charge is 0.496 e. The normalized spacial score (nSPS) is 21.0. The van der Waals surface area contributed by atoms with Crippen LogP contribution < -0.4 is 19.5 Å². The van der Waals surface area contributed by atoms with Gasteiger partial charge in [-0.05, 0) is 137 Å². The van der Waals surface area contributed by atoms with Gasteiger partial charge in [-0.15, -0.1) is 0 Å². The van der Waals surface area contributed by atoms with Gasteiger partial charge >= 0.3 is 0 Å². The van der Waals surface area contributed by atoms with Crippen molar-refractivity contribution in [3.05, 3.63) is 53.3 Å². The highest BCUT2D eigenvalue weighted by molar-refractivity contribution is 5.78. The zero-order chi connectivity index (χ0) is 31.4. The topological polar surface area (TPSA) is 69.3 Å². The van der Waals surface area contributed by atoms with E-state index >= 15 is 0 Å². The lowest BCUT2D eigenvalue weighted by atomic mass is 9.93. The van der Waals surface area contributed by atoms with Gasteiger partial charge in [0, 0.05) is 26.1 Å². The van der Waals surface area contributed by atoms with Crippen molar-refractivity contribution in [3.8, 4) is 17.2 Å². The van der Waals surface area contributed by atoms with Crippen molar-refractivity contribution in [2.24, 2.45) is 0 Å². The molecule has 1 aliphatic carbocycles. The number of ether oxygens (including phenoxy) is 4. The Bertz CT molecular complexity index is 1220. The number of nitrogens with one attached hydrogen (secondary N) is 1. The third kappa shape index (κ3) is 9.82. The molecule has 3 atom stereocenters. The number of hydrogen-bond donors (Lipinski definition) is 1. The van der Waals surface area contributed by atoms with E-state index in [0.717, 1.165) is 120 Å². The van der Waals surface area contributed by atoms with Crippen LogP contribution in [0.15, 0.2) is 36.4 Å². The van der Waals surface area contributed by atoms with E-state index in [9.17, 15) is 9.18 Å². The summed E-state index contributed by atoms with van der Waals surface area (Å²) >= 11 is 0. The Balaban J connectivity index is 1.09. The molecule has 7 nitrogen and oxygen atoms in total. The summed E-state index contributed by atoms with van der Waals surface area (Å²) in [7, 11) is 3.34. The second-order valence-corrected chi connectivity index (χ2v) is 13.1. The number of methoxy groups -OCH3 is 2. The predicted octanol–water partition coefficient (Wildman–Crippen LogP) is 7.20. The molecule has 45 heavy (non-hydrogen) atoms. The lowest BCUT2D eigenvalue weighted by Gasteiger charge is -2.23. The van der Waals surface area contributed by atoms with Crippen molar-refractivity contribution < 1.29 is 28.1 Å². The number of halogens is 1. The smallest absolute Gasteiger partial charge is 0.222 e. The molecule has 2 aromatic carbocycles. The van der Waals surface area contributed by atoms with Crippen molar-refractivity contribution >= 4 is 5.91 Å². The van der Waals surface area contributed by atoms with Gasteiger partial charge < -0.3 is 29.2 Å². The first-order valence-corrected chi connectivity index (χ1v) is 17.3. The third-order valence-electron chi connectivity index (χ3n) is 9.85. The van der Waals surface area contributed by atoms with Gasteiger partial charge in [0.1, 0.15) is 11.6 Å². The van der Waals surface area contributed by atoms with Crippen molar-refractivity contribution in [1.29, 1.82) is 0 Å². The summed E-state index contributed by atoms with van der Waals surface area (Å²) in [6, 6.07) is 11.1. The number of benzene rings is 2. The van der Waals surface area contributed by atoms with E-state index in [-0.39, 0.29) is 24.1 Å². The van der Waals surface area contributed by atoms with Crippen LogP contribution in [0.25, 0.3) is 0 Å². The average Bonchev–Trinajstić information content (AvgIpc) is 3.82. The fraction of sp³-hybridized carbons (Fsp3) is 0.649. The monoisotopic (exact) mass is 624 g/mol. The van der Waals surface area contributed by atoms with E-state index in [1.165, 1.54) is 24.5 Å². The van der Waals surface area contributed by atoms with Gasteiger partial charge in [0.15, 0.2) is 11.5 Å². The summed E-state index contributed by atoms with van der Waals surface area (Å²) in [6.07, 6.45) is 15.0. The van der Waals surface area contributed by atoms with Crippen LogP contribution in [0.1, 0.15) is 101 Å². The van der Waals surface area contributed by atoms with Crippen LogP contribution >= 0.6 is 0 Å². The number of aryl methyl sites for hydroxylation is 1. The van der Waals surface area contributed by atoms with E-state index in [1.807, 2.05) is 11.0 Å². The molecule has 0 aromatic heterocycles. The van der Waals surface area contributed by atoms with Crippen molar-refractivity contribution in [3.63, 3.8) is 0 Å². The third-order valence-corrected chi connectivity index (χ3v) is 9.85. The second-order valence-electron chi connectivity index (χ2n) is 13.1. The molecule has 248 valence electrons. The highest BCUT2D eigenvalue weighted by atomic mass is 19.1. The summed E-state index contributed by atoms with van der Waals surface area (Å²) in [6.45, 7) is 3.50. The summed E-state index contributed by atoms with van der Waals surface area (Å²) in [5.41, 5.74) is 2.18. The molecule has 2 aromatic rings. The number of amides is 1. The highest BCUT2D eigenvalue weighted by Gasteiger charge is 2.26. The van der Waals surface area contributed by atoms with Crippen LogP contribution in [0.3, 0.4) is 0 Å². The molecule has 2 heterocycles. The number of hydrogen-bond acceptors (Lipinski definition) is 6. The maximum atomic E-state index is 13.7. The van der Waals surface area contributed by atoms with Crippen LogP contribution in [-0.4, -0.2) is 69.5 Å². The van der Waals surface area contributed by atoms with E-state index in [1.54, 1.807) is 26.4 Å². The number of rotatable bonds is 18. The lowest BCUT2D eigenvalue weighted by Crippen LogP contribution is -2.28. The van der Waals surface area contributed by atoms with Gasteiger partial charge in [-0.2, -0.15) is 0 Å². The molecule has 0 spiro atoms. The molecule has 1 amide bonds. The molecule has 2 aliphatic heterocycles. The van der Waals surface area contributed by atoms with Crippen LogP contribution in [0.4, 0.5) is 4.39 Å². The maximum Gasteiger partial charge on any atom is 0.222 e. The standard InChI is InChI=1S/C37H53FN2O5/c1-42-34-19-15-30(38)24-28(34)8-5-12-32-16-17-33(44-32)20-21-39-26-29(9-6-22-40-23-7-13-37(40)41)27-14-18-35(43-2)36(25-27)45-31-10-3-4-11-31/h14-15,18-19,24-25,29,31-33,39H,3-13,16-17,20-23,26H2,1-2H3. The van der Waals surface area contributed by atoms with Gasteiger partial charge in [-0.1, -0.05) is 6.07 Å². The van der Waals surface area contributed by atoms with Crippen LogP contribution in [-0.2, 0) is 16.0 Å². The molecule has 3 fully saturated rings. The Hall–Kier alpha value is -2.84. The van der Waals surface area contributed by atoms with E-state index in [0.29, 0.717) is 18.2 Å². The number of carbonyl (C=O) groups is 1. The number of likely N-dealkylation sites (tertiary alicyclic amines) is 1. The Morgan fingerprint density at radius 1 is 0.933 bits per heavy atom. The summed E-state index contributed by atoms with van der Waals surface area (Å²) < 4.78 is 37.6. The lowest BCUT2D eigenvalue weighted by molar-refractivity contribution is -0.127.